The second-order valence-corrected chi connectivity index (χ2v) is 3.29. The Kier molecular flexibility index (Phi) is 1.96. The van der Waals surface area contributed by atoms with E-state index in [1.165, 1.54) is 0 Å². The van der Waals surface area contributed by atoms with E-state index in [-0.39, 0.29) is 5.91 Å². The third-order valence-electron chi connectivity index (χ3n) is 2.06. The molecule has 0 radical (unpaired) electrons. The van der Waals surface area contributed by atoms with E-state index >= 15 is 0 Å². The van der Waals surface area contributed by atoms with Crippen LogP contribution >= 0.6 is 0 Å². The lowest BCUT2D eigenvalue weighted by atomic mass is 10.2. The minimum atomic E-state index is -0.0220. The van der Waals surface area contributed by atoms with Gasteiger partial charge in [-0.05, 0) is 12.1 Å². The van der Waals surface area contributed by atoms with Crippen LogP contribution in [-0.4, -0.2) is 34.5 Å². The Balaban J connectivity index is 2.58. The van der Waals surface area contributed by atoms with Crippen molar-refractivity contribution in [2.45, 2.75) is 0 Å². The molecule has 1 amide bonds. The predicted molar refractivity (Wildman–Crippen MR) is 53.2 cm³/mol. The first-order chi connectivity index (χ1) is 6.70. The zero-order valence-electron chi connectivity index (χ0n) is 8.14. The smallest absolute Gasteiger partial charge is 0.257 e. The van der Waals surface area contributed by atoms with Crippen LogP contribution in [0.1, 0.15) is 10.4 Å². The van der Waals surface area contributed by atoms with E-state index in [2.05, 4.69) is 5.10 Å². The summed E-state index contributed by atoms with van der Waals surface area (Å²) in [6.07, 6.45) is 3.42. The van der Waals surface area contributed by atoms with Gasteiger partial charge in [-0.3, -0.25) is 4.79 Å². The summed E-state index contributed by atoms with van der Waals surface area (Å²) in [7, 11) is 3.46. The topological polar surface area (TPSA) is 37.6 Å². The van der Waals surface area contributed by atoms with Gasteiger partial charge in [0.15, 0.2) is 0 Å². The molecule has 2 rings (SSSR count). The van der Waals surface area contributed by atoms with Crippen LogP contribution in [0.4, 0.5) is 0 Å². The Bertz CT molecular complexity index is 473. The third-order valence-corrected chi connectivity index (χ3v) is 2.06. The molecular formula is C10H11N3O. The summed E-state index contributed by atoms with van der Waals surface area (Å²) in [5.41, 5.74) is 1.47. The zero-order chi connectivity index (χ0) is 10.1. The quantitative estimate of drug-likeness (QED) is 0.672. The Hall–Kier alpha value is -1.84. The largest absolute Gasteiger partial charge is 0.345 e. The van der Waals surface area contributed by atoms with Crippen molar-refractivity contribution in [3.05, 3.63) is 36.2 Å². The Morgan fingerprint density at radius 1 is 1.43 bits per heavy atom. The number of hydrogen-bond donors (Lipinski definition) is 0. The van der Waals surface area contributed by atoms with Crippen LogP contribution in [-0.2, 0) is 0 Å². The summed E-state index contributed by atoms with van der Waals surface area (Å²) >= 11 is 0. The van der Waals surface area contributed by atoms with Gasteiger partial charge in [0.05, 0.1) is 17.3 Å². The average Bonchev–Trinajstić information content (AvgIpc) is 2.60. The van der Waals surface area contributed by atoms with Crippen LogP contribution in [0, 0.1) is 0 Å². The second kappa shape index (κ2) is 3.14. The molecule has 4 nitrogen and oxygen atoms in total. The molecule has 0 bridgehead atoms. The van der Waals surface area contributed by atoms with Gasteiger partial charge in [-0.2, -0.15) is 5.10 Å². The van der Waals surface area contributed by atoms with Crippen molar-refractivity contribution >= 4 is 11.4 Å². The molecule has 0 N–H and O–H groups in total. The highest BCUT2D eigenvalue weighted by molar-refractivity contribution is 6.00. The first-order valence-corrected chi connectivity index (χ1v) is 4.34. The second-order valence-electron chi connectivity index (χ2n) is 3.29. The van der Waals surface area contributed by atoms with Crippen molar-refractivity contribution in [3.63, 3.8) is 0 Å². The van der Waals surface area contributed by atoms with Crippen LogP contribution in [0.3, 0.4) is 0 Å². The lowest BCUT2D eigenvalue weighted by Crippen LogP contribution is -2.21. The zero-order valence-corrected chi connectivity index (χ0v) is 8.14. The van der Waals surface area contributed by atoms with E-state index in [1.807, 2.05) is 24.4 Å². The SMILES string of the molecule is CN(C)C(=O)c1cnn2ccccc12. The highest BCUT2D eigenvalue weighted by atomic mass is 16.2. The normalized spacial score (nSPS) is 10.4. The number of aromatic nitrogens is 2. The highest BCUT2D eigenvalue weighted by Crippen LogP contribution is 2.10. The fourth-order valence-electron chi connectivity index (χ4n) is 1.34. The van der Waals surface area contributed by atoms with E-state index in [0.29, 0.717) is 5.56 Å². The van der Waals surface area contributed by atoms with Crippen LogP contribution in [0.5, 0.6) is 0 Å². The number of amides is 1. The average molecular weight is 189 g/mol. The van der Waals surface area contributed by atoms with Crippen molar-refractivity contribution in [1.29, 1.82) is 0 Å². The van der Waals surface area contributed by atoms with Crippen LogP contribution in [0.2, 0.25) is 0 Å². The van der Waals surface area contributed by atoms with Gasteiger partial charge in [-0.25, -0.2) is 4.52 Å². The minimum absolute atomic E-state index is 0.0220. The molecule has 0 aliphatic heterocycles. The third kappa shape index (κ3) is 1.25. The van der Waals surface area contributed by atoms with E-state index < -0.39 is 0 Å². The number of nitrogens with zero attached hydrogens (tertiary/aromatic N) is 3. The number of pyridine rings is 1. The van der Waals surface area contributed by atoms with Crippen molar-refractivity contribution in [3.8, 4) is 0 Å². The molecule has 4 heteroatoms. The van der Waals surface area contributed by atoms with Crippen LogP contribution in [0.25, 0.3) is 5.52 Å². The molecule has 0 aliphatic rings. The van der Waals surface area contributed by atoms with Gasteiger partial charge in [0.1, 0.15) is 0 Å². The minimum Gasteiger partial charge on any atom is -0.345 e. The predicted octanol–water partition coefficient (Wildman–Crippen LogP) is 1.04. The molecule has 2 heterocycles. The first kappa shape index (κ1) is 8.74. The van der Waals surface area contributed by atoms with Gasteiger partial charge < -0.3 is 4.90 Å². The lowest BCUT2D eigenvalue weighted by Gasteiger charge is -2.08. The molecule has 0 saturated heterocycles. The Morgan fingerprint density at radius 2 is 2.21 bits per heavy atom. The highest BCUT2D eigenvalue weighted by Gasteiger charge is 2.13. The van der Waals surface area contributed by atoms with Gasteiger partial charge in [0.2, 0.25) is 0 Å². The summed E-state index contributed by atoms with van der Waals surface area (Å²) in [5.74, 6) is -0.0220. The summed E-state index contributed by atoms with van der Waals surface area (Å²) in [5, 5.41) is 4.09. The molecule has 14 heavy (non-hydrogen) atoms. The van der Waals surface area contributed by atoms with Gasteiger partial charge in [-0.1, -0.05) is 6.07 Å². The number of fused-ring (bicyclic) bond motifs is 1. The fourth-order valence-corrected chi connectivity index (χ4v) is 1.34. The van der Waals surface area contributed by atoms with Crippen LogP contribution < -0.4 is 0 Å². The van der Waals surface area contributed by atoms with E-state index in [9.17, 15) is 4.79 Å². The van der Waals surface area contributed by atoms with Crippen molar-refractivity contribution in [1.82, 2.24) is 14.5 Å². The molecule has 0 unspecified atom stereocenters. The first-order valence-electron chi connectivity index (χ1n) is 4.34. The molecule has 0 atom stereocenters. The number of hydrogen-bond acceptors (Lipinski definition) is 2. The number of rotatable bonds is 1. The monoisotopic (exact) mass is 189 g/mol. The summed E-state index contributed by atoms with van der Waals surface area (Å²) in [6.45, 7) is 0. The molecule has 72 valence electrons. The van der Waals surface area contributed by atoms with Gasteiger partial charge >= 0.3 is 0 Å². The Morgan fingerprint density at radius 3 is 2.93 bits per heavy atom. The van der Waals surface area contributed by atoms with Crippen molar-refractivity contribution in [2.75, 3.05) is 14.1 Å². The maximum absolute atomic E-state index is 11.7. The maximum atomic E-state index is 11.7. The molecule has 2 aromatic rings. The summed E-state index contributed by atoms with van der Waals surface area (Å²) in [6, 6.07) is 5.65. The van der Waals surface area contributed by atoms with Gasteiger partial charge in [-0.15, -0.1) is 0 Å². The molecule has 0 saturated carbocycles. The lowest BCUT2D eigenvalue weighted by molar-refractivity contribution is 0.0829. The Labute approximate surface area is 81.8 Å². The molecule has 2 aromatic heterocycles. The molecular weight excluding hydrogens is 178 g/mol. The van der Waals surface area contributed by atoms with E-state index in [1.54, 1.807) is 29.7 Å². The van der Waals surface area contributed by atoms with Crippen LogP contribution in [0.15, 0.2) is 30.6 Å². The van der Waals surface area contributed by atoms with Gasteiger partial charge in [0, 0.05) is 20.3 Å². The number of carbonyl (C=O) groups is 1. The summed E-state index contributed by atoms with van der Waals surface area (Å²) < 4.78 is 1.69. The van der Waals surface area contributed by atoms with E-state index in [0.717, 1.165) is 5.52 Å². The van der Waals surface area contributed by atoms with Gasteiger partial charge in [0.25, 0.3) is 5.91 Å². The molecule has 0 fully saturated rings. The standard InChI is InChI=1S/C10H11N3O/c1-12(2)10(14)8-7-11-13-6-4-3-5-9(8)13/h3-7H,1-2H3. The molecule has 0 aliphatic carbocycles. The van der Waals surface area contributed by atoms with Crippen molar-refractivity contribution < 1.29 is 4.79 Å². The maximum Gasteiger partial charge on any atom is 0.257 e. The van der Waals surface area contributed by atoms with E-state index in [4.69, 9.17) is 0 Å². The molecule has 0 spiro atoms. The summed E-state index contributed by atoms with van der Waals surface area (Å²) in [4.78, 5) is 13.2. The van der Waals surface area contributed by atoms with Crippen molar-refractivity contribution in [2.24, 2.45) is 0 Å². The molecule has 0 aromatic carbocycles. The number of carbonyl (C=O) groups excluding carboxylic acids is 1. The fraction of sp³-hybridized carbons (Fsp3) is 0.200.